The molecule has 1 aliphatic heterocycles. The Morgan fingerprint density at radius 2 is 2.06 bits per heavy atom. The van der Waals surface area contributed by atoms with E-state index in [4.69, 9.17) is 11.6 Å². The van der Waals surface area contributed by atoms with Gasteiger partial charge in [0.15, 0.2) is 0 Å². The van der Waals surface area contributed by atoms with E-state index in [0.29, 0.717) is 0 Å². The van der Waals surface area contributed by atoms with E-state index in [0.717, 1.165) is 6.07 Å². The lowest BCUT2D eigenvalue weighted by atomic mass is 10.1. The number of ketones is 1. The van der Waals surface area contributed by atoms with Gasteiger partial charge in [0, 0.05) is 11.6 Å². The van der Waals surface area contributed by atoms with E-state index >= 15 is 0 Å². The summed E-state index contributed by atoms with van der Waals surface area (Å²) in [5, 5.41) is 13.0. The fraction of sp³-hybridized carbons (Fsp3) is 0.111. The fourth-order valence-electron chi connectivity index (χ4n) is 1.52. The van der Waals surface area contributed by atoms with Crippen LogP contribution in [0, 0.1) is 17.0 Å². The number of nitro groups is 1. The van der Waals surface area contributed by atoms with Gasteiger partial charge in [-0.2, -0.15) is 0 Å². The zero-order chi connectivity index (χ0) is 12.0. The molecule has 1 N–H and O–H groups in total. The summed E-state index contributed by atoms with van der Waals surface area (Å²) < 4.78 is 0. The fourth-order valence-corrected chi connectivity index (χ4v) is 1.76. The van der Waals surface area contributed by atoms with E-state index in [9.17, 15) is 19.7 Å². The first kappa shape index (κ1) is 10.6. The Balaban J connectivity index is 2.76. The normalized spacial score (nSPS) is 13.6. The molecule has 0 aliphatic carbocycles. The van der Waals surface area contributed by atoms with E-state index in [-0.39, 0.29) is 27.5 Å². The van der Waals surface area contributed by atoms with Crippen molar-refractivity contribution < 1.29 is 14.5 Å². The summed E-state index contributed by atoms with van der Waals surface area (Å²) in [7, 11) is 0. The summed E-state index contributed by atoms with van der Waals surface area (Å²) in [6, 6.07) is 1.07. The summed E-state index contributed by atoms with van der Waals surface area (Å²) in [4.78, 5) is 32.5. The Hall–Kier alpha value is -1.95. The van der Waals surface area contributed by atoms with Crippen LogP contribution in [0.4, 0.5) is 11.4 Å². The molecule has 0 saturated heterocycles. The molecule has 0 radical (unpaired) electrons. The number of benzene rings is 1. The molecule has 0 aromatic heterocycles. The molecule has 0 spiro atoms. The number of Topliss-reactive ketones (excluding diaryl/α,β-unsaturated/α-hetero) is 1. The minimum atomic E-state index is -0.822. The maximum absolute atomic E-state index is 11.3. The molecule has 2 rings (SSSR count). The summed E-state index contributed by atoms with van der Waals surface area (Å²) >= 11 is 5.85. The van der Waals surface area contributed by atoms with Crippen LogP contribution in [0.15, 0.2) is 6.07 Å². The number of halogens is 1. The molecule has 0 fully saturated rings. The summed E-state index contributed by atoms with van der Waals surface area (Å²) in [6.07, 6.45) is 0. The van der Waals surface area contributed by atoms with Crippen molar-refractivity contribution in [1.82, 2.24) is 0 Å². The first-order valence-corrected chi connectivity index (χ1v) is 4.64. The van der Waals surface area contributed by atoms with Crippen LogP contribution >= 0.6 is 11.6 Å². The summed E-state index contributed by atoms with van der Waals surface area (Å²) in [5.41, 5.74) is 0.0566. The number of nitrogens with one attached hydrogen (secondary N) is 1. The maximum Gasteiger partial charge on any atom is 0.296 e. The van der Waals surface area contributed by atoms with Gasteiger partial charge in [0.25, 0.3) is 17.4 Å². The maximum atomic E-state index is 11.3. The van der Waals surface area contributed by atoms with Crippen molar-refractivity contribution in [3.05, 3.63) is 32.3 Å². The van der Waals surface area contributed by atoms with Crippen LogP contribution in [-0.2, 0) is 4.79 Å². The van der Waals surface area contributed by atoms with Gasteiger partial charge in [-0.1, -0.05) is 11.6 Å². The van der Waals surface area contributed by atoms with Gasteiger partial charge in [0.2, 0.25) is 0 Å². The van der Waals surface area contributed by atoms with Crippen LogP contribution in [0.1, 0.15) is 15.9 Å². The third-order valence-corrected chi connectivity index (χ3v) is 2.84. The SMILES string of the molecule is Cc1c([N+](=O)[O-])cc2c(c1Cl)NC(=O)C2=O. The van der Waals surface area contributed by atoms with Crippen molar-refractivity contribution in [2.24, 2.45) is 0 Å². The van der Waals surface area contributed by atoms with Gasteiger partial charge in [-0.25, -0.2) is 0 Å². The number of hydrogen-bond acceptors (Lipinski definition) is 4. The van der Waals surface area contributed by atoms with Gasteiger partial charge in [-0.05, 0) is 6.92 Å². The molecular formula is C9H5ClN2O4. The third-order valence-electron chi connectivity index (χ3n) is 2.37. The Bertz CT molecular complexity index is 553. The van der Waals surface area contributed by atoms with E-state index in [2.05, 4.69) is 5.32 Å². The first-order chi connectivity index (χ1) is 7.43. The van der Waals surface area contributed by atoms with Crippen LogP contribution in [0.25, 0.3) is 0 Å². The Morgan fingerprint density at radius 1 is 1.44 bits per heavy atom. The standard InChI is InChI=1S/C9H5ClN2O4/c1-3-5(12(15)16)2-4-7(6(3)10)11-9(14)8(4)13/h2H,1H3,(H,11,13,14). The average Bonchev–Trinajstić information content (AvgIpc) is 2.50. The molecule has 1 amide bonds. The molecule has 0 bridgehead atoms. The average molecular weight is 241 g/mol. The number of nitro benzene ring substituents is 1. The number of carbonyl (C=O) groups excluding carboxylic acids is 2. The quantitative estimate of drug-likeness (QED) is 0.459. The van der Waals surface area contributed by atoms with E-state index < -0.39 is 16.6 Å². The molecule has 1 aliphatic rings. The minimum absolute atomic E-state index is 0.0309. The highest BCUT2D eigenvalue weighted by Crippen LogP contribution is 2.38. The number of carbonyl (C=O) groups is 2. The molecule has 0 saturated carbocycles. The van der Waals surface area contributed by atoms with E-state index in [1.807, 2.05) is 0 Å². The van der Waals surface area contributed by atoms with Crippen LogP contribution < -0.4 is 5.32 Å². The predicted octanol–water partition coefficient (Wildman–Crippen LogP) is 1.69. The van der Waals surface area contributed by atoms with Crippen LogP contribution in [-0.4, -0.2) is 16.6 Å². The van der Waals surface area contributed by atoms with Crippen molar-refractivity contribution in [3.63, 3.8) is 0 Å². The first-order valence-electron chi connectivity index (χ1n) is 4.26. The molecule has 1 aromatic carbocycles. The van der Waals surface area contributed by atoms with Gasteiger partial charge in [-0.3, -0.25) is 19.7 Å². The highest BCUT2D eigenvalue weighted by atomic mass is 35.5. The Morgan fingerprint density at radius 3 is 2.62 bits per heavy atom. The molecule has 7 heteroatoms. The highest BCUT2D eigenvalue weighted by Gasteiger charge is 2.33. The lowest BCUT2D eigenvalue weighted by Gasteiger charge is -2.04. The summed E-state index contributed by atoms with van der Waals surface area (Å²) in [5.74, 6) is -1.63. The van der Waals surface area contributed by atoms with E-state index in [1.165, 1.54) is 6.92 Å². The Kier molecular flexibility index (Phi) is 2.16. The van der Waals surface area contributed by atoms with Crippen molar-refractivity contribution in [3.8, 4) is 0 Å². The molecule has 0 unspecified atom stereocenters. The second kappa shape index (κ2) is 3.28. The summed E-state index contributed by atoms with van der Waals surface area (Å²) in [6.45, 7) is 1.45. The second-order valence-corrected chi connectivity index (χ2v) is 3.68. The molecular weight excluding hydrogens is 236 g/mol. The number of amides is 1. The topological polar surface area (TPSA) is 89.3 Å². The molecule has 1 aromatic rings. The lowest BCUT2D eigenvalue weighted by Crippen LogP contribution is -2.12. The zero-order valence-corrected chi connectivity index (χ0v) is 8.79. The van der Waals surface area contributed by atoms with Crippen LogP contribution in [0.3, 0.4) is 0 Å². The Labute approximate surface area is 94.3 Å². The van der Waals surface area contributed by atoms with Gasteiger partial charge in [-0.15, -0.1) is 0 Å². The third kappa shape index (κ3) is 1.27. The van der Waals surface area contributed by atoms with Gasteiger partial charge in [0.1, 0.15) is 0 Å². The van der Waals surface area contributed by atoms with Crippen molar-refractivity contribution >= 4 is 34.7 Å². The lowest BCUT2D eigenvalue weighted by molar-refractivity contribution is -0.385. The van der Waals surface area contributed by atoms with Gasteiger partial charge in [0.05, 0.1) is 21.2 Å². The smallest absolute Gasteiger partial charge is 0.296 e. The number of nitrogens with zero attached hydrogens (tertiary/aromatic N) is 1. The van der Waals surface area contributed by atoms with Crippen molar-refractivity contribution in [1.29, 1.82) is 0 Å². The van der Waals surface area contributed by atoms with E-state index in [1.54, 1.807) is 0 Å². The number of rotatable bonds is 1. The van der Waals surface area contributed by atoms with Crippen LogP contribution in [0.2, 0.25) is 5.02 Å². The second-order valence-electron chi connectivity index (χ2n) is 3.30. The largest absolute Gasteiger partial charge is 0.317 e. The van der Waals surface area contributed by atoms with Crippen molar-refractivity contribution in [2.45, 2.75) is 6.92 Å². The predicted molar refractivity (Wildman–Crippen MR) is 55.8 cm³/mol. The highest BCUT2D eigenvalue weighted by molar-refractivity contribution is 6.53. The number of hydrogen-bond donors (Lipinski definition) is 1. The molecule has 6 nitrogen and oxygen atoms in total. The number of anilines is 1. The molecule has 0 atom stereocenters. The van der Waals surface area contributed by atoms with Gasteiger partial charge < -0.3 is 5.32 Å². The van der Waals surface area contributed by atoms with Crippen molar-refractivity contribution in [2.75, 3.05) is 5.32 Å². The van der Waals surface area contributed by atoms with Crippen LogP contribution in [0.5, 0.6) is 0 Å². The number of fused-ring (bicyclic) bond motifs is 1. The van der Waals surface area contributed by atoms with Gasteiger partial charge >= 0.3 is 0 Å². The monoisotopic (exact) mass is 240 g/mol. The molecule has 1 heterocycles. The molecule has 82 valence electrons. The minimum Gasteiger partial charge on any atom is -0.317 e. The zero-order valence-electron chi connectivity index (χ0n) is 8.04. The molecule has 16 heavy (non-hydrogen) atoms.